The Morgan fingerprint density at radius 3 is 2.25 bits per heavy atom. The third-order valence-corrected chi connectivity index (χ3v) is 6.54. The summed E-state index contributed by atoms with van der Waals surface area (Å²) < 4.78 is 8.57. The SMILES string of the molecule is c1ccc(-n2c3ccccc3c3ccc(Oc4cccc(-c5nccc6ccccc56)c4)cc32)nc1. The molecule has 0 aliphatic rings. The van der Waals surface area contributed by atoms with Gasteiger partial charge in [0.25, 0.3) is 0 Å². The number of benzene rings is 4. The molecular weight excluding hydrogens is 442 g/mol. The molecule has 7 aromatic rings. The normalized spacial score (nSPS) is 11.3. The van der Waals surface area contributed by atoms with Gasteiger partial charge in [0.1, 0.15) is 17.3 Å². The van der Waals surface area contributed by atoms with E-state index in [9.17, 15) is 0 Å². The van der Waals surface area contributed by atoms with E-state index in [0.717, 1.165) is 50.4 Å². The van der Waals surface area contributed by atoms with Gasteiger partial charge < -0.3 is 4.74 Å². The molecule has 0 saturated carbocycles. The molecule has 7 rings (SSSR count). The monoisotopic (exact) mass is 463 g/mol. The number of fused-ring (bicyclic) bond motifs is 4. The largest absolute Gasteiger partial charge is 0.457 e. The fraction of sp³-hybridized carbons (Fsp3) is 0. The molecule has 0 N–H and O–H groups in total. The molecule has 3 heterocycles. The molecular formula is C32H21N3O. The van der Waals surface area contributed by atoms with E-state index in [0.29, 0.717) is 0 Å². The minimum atomic E-state index is 0.766. The Kier molecular flexibility index (Phi) is 4.74. The highest BCUT2D eigenvalue weighted by Gasteiger charge is 2.14. The van der Waals surface area contributed by atoms with E-state index in [1.54, 1.807) is 0 Å². The van der Waals surface area contributed by atoms with Crippen LogP contribution in [0.1, 0.15) is 0 Å². The topological polar surface area (TPSA) is 39.9 Å². The zero-order valence-corrected chi connectivity index (χ0v) is 19.4. The van der Waals surface area contributed by atoms with Crippen molar-refractivity contribution in [1.29, 1.82) is 0 Å². The molecule has 4 heteroatoms. The maximum atomic E-state index is 6.39. The first-order valence-electron chi connectivity index (χ1n) is 11.9. The van der Waals surface area contributed by atoms with E-state index >= 15 is 0 Å². The van der Waals surface area contributed by atoms with Crippen LogP contribution in [-0.4, -0.2) is 14.5 Å². The number of hydrogen-bond donors (Lipinski definition) is 0. The van der Waals surface area contributed by atoms with Crippen LogP contribution in [-0.2, 0) is 0 Å². The van der Waals surface area contributed by atoms with Crippen molar-refractivity contribution in [2.24, 2.45) is 0 Å². The van der Waals surface area contributed by atoms with Crippen LogP contribution in [0.2, 0.25) is 0 Å². The number of aromatic nitrogens is 3. The highest BCUT2D eigenvalue weighted by Crippen LogP contribution is 2.36. The summed E-state index contributed by atoms with van der Waals surface area (Å²) in [5.74, 6) is 2.41. The van der Waals surface area contributed by atoms with Crippen molar-refractivity contribution < 1.29 is 4.74 Å². The van der Waals surface area contributed by atoms with Crippen LogP contribution < -0.4 is 4.74 Å². The quantitative estimate of drug-likeness (QED) is 0.264. The fourth-order valence-corrected chi connectivity index (χ4v) is 4.94. The van der Waals surface area contributed by atoms with E-state index in [1.807, 2.05) is 73.1 Å². The zero-order chi connectivity index (χ0) is 23.9. The smallest absolute Gasteiger partial charge is 0.137 e. The average molecular weight is 464 g/mol. The lowest BCUT2D eigenvalue weighted by Gasteiger charge is -2.10. The molecule has 0 aliphatic heterocycles. The third-order valence-electron chi connectivity index (χ3n) is 6.54. The van der Waals surface area contributed by atoms with Crippen molar-refractivity contribution in [2.75, 3.05) is 0 Å². The molecule has 0 spiro atoms. The highest BCUT2D eigenvalue weighted by atomic mass is 16.5. The van der Waals surface area contributed by atoms with Crippen LogP contribution in [0.4, 0.5) is 0 Å². The van der Waals surface area contributed by atoms with Crippen LogP contribution in [0.3, 0.4) is 0 Å². The van der Waals surface area contributed by atoms with Crippen LogP contribution in [0.25, 0.3) is 49.7 Å². The van der Waals surface area contributed by atoms with Gasteiger partial charge in [-0.1, -0.05) is 60.7 Å². The van der Waals surface area contributed by atoms with Gasteiger partial charge in [-0.05, 0) is 53.9 Å². The Bertz CT molecular complexity index is 1870. The Balaban J connectivity index is 1.33. The van der Waals surface area contributed by atoms with E-state index in [2.05, 4.69) is 69.1 Å². The van der Waals surface area contributed by atoms with Crippen molar-refractivity contribution >= 4 is 32.6 Å². The van der Waals surface area contributed by atoms with E-state index in [4.69, 9.17) is 4.74 Å². The third kappa shape index (κ3) is 3.39. The van der Waals surface area contributed by atoms with Gasteiger partial charge in [0.2, 0.25) is 0 Å². The molecule has 0 atom stereocenters. The lowest BCUT2D eigenvalue weighted by atomic mass is 10.0. The Morgan fingerprint density at radius 2 is 1.33 bits per heavy atom. The number of para-hydroxylation sites is 1. The standard InChI is InChI=1S/C32H21N3O/c1-2-11-26-22(8-1)17-19-34-32(26)23-9-7-10-24(20-23)36-25-15-16-28-27-12-3-4-13-29(27)35(30(28)21-25)31-14-5-6-18-33-31/h1-21H. The van der Waals surface area contributed by atoms with Gasteiger partial charge in [-0.15, -0.1) is 0 Å². The summed E-state index contributed by atoms with van der Waals surface area (Å²) in [5, 5.41) is 4.64. The summed E-state index contributed by atoms with van der Waals surface area (Å²) in [6, 6.07) is 39.1. The Hall–Kier alpha value is -4.96. The lowest BCUT2D eigenvalue weighted by Crippen LogP contribution is -1.96. The number of nitrogens with zero attached hydrogens (tertiary/aromatic N) is 3. The molecule has 0 aliphatic carbocycles. The number of ether oxygens (including phenoxy) is 1. The summed E-state index contributed by atoms with van der Waals surface area (Å²) in [6.45, 7) is 0. The van der Waals surface area contributed by atoms with Crippen LogP contribution in [0.5, 0.6) is 11.5 Å². The first-order valence-corrected chi connectivity index (χ1v) is 11.9. The molecule has 4 nitrogen and oxygen atoms in total. The van der Waals surface area contributed by atoms with Crippen molar-refractivity contribution in [3.63, 3.8) is 0 Å². The predicted molar refractivity (Wildman–Crippen MR) is 146 cm³/mol. The molecule has 3 aromatic heterocycles. The molecule has 170 valence electrons. The molecule has 0 radical (unpaired) electrons. The second-order valence-electron chi connectivity index (χ2n) is 8.73. The predicted octanol–water partition coefficient (Wildman–Crippen LogP) is 8.19. The molecule has 36 heavy (non-hydrogen) atoms. The molecule has 0 bridgehead atoms. The maximum Gasteiger partial charge on any atom is 0.137 e. The van der Waals surface area contributed by atoms with Crippen molar-refractivity contribution in [3.8, 4) is 28.6 Å². The van der Waals surface area contributed by atoms with Gasteiger partial charge in [-0.3, -0.25) is 9.55 Å². The fourth-order valence-electron chi connectivity index (χ4n) is 4.94. The summed E-state index contributed by atoms with van der Waals surface area (Å²) in [7, 11) is 0. The van der Waals surface area contributed by atoms with Crippen molar-refractivity contribution in [1.82, 2.24) is 14.5 Å². The first-order chi connectivity index (χ1) is 17.8. The number of pyridine rings is 2. The van der Waals surface area contributed by atoms with Crippen molar-refractivity contribution in [2.45, 2.75) is 0 Å². The van der Waals surface area contributed by atoms with E-state index in [1.165, 1.54) is 10.8 Å². The lowest BCUT2D eigenvalue weighted by molar-refractivity contribution is 0.483. The van der Waals surface area contributed by atoms with Crippen LogP contribution in [0, 0.1) is 0 Å². The minimum absolute atomic E-state index is 0.766. The molecule has 0 fully saturated rings. The molecule has 0 unspecified atom stereocenters. The van der Waals surface area contributed by atoms with Gasteiger partial charge in [-0.2, -0.15) is 0 Å². The number of rotatable bonds is 4. The first kappa shape index (κ1) is 20.4. The van der Waals surface area contributed by atoms with Gasteiger partial charge >= 0.3 is 0 Å². The van der Waals surface area contributed by atoms with Crippen LogP contribution in [0.15, 0.2) is 128 Å². The van der Waals surface area contributed by atoms with Gasteiger partial charge in [0.05, 0.1) is 16.7 Å². The minimum Gasteiger partial charge on any atom is -0.457 e. The Labute approximate surface area is 208 Å². The summed E-state index contributed by atoms with van der Waals surface area (Å²) >= 11 is 0. The maximum absolute atomic E-state index is 6.39. The molecule has 4 aromatic carbocycles. The van der Waals surface area contributed by atoms with Gasteiger partial charge in [0, 0.05) is 40.2 Å². The van der Waals surface area contributed by atoms with E-state index < -0.39 is 0 Å². The molecule has 0 saturated heterocycles. The summed E-state index contributed by atoms with van der Waals surface area (Å²) in [4.78, 5) is 9.29. The van der Waals surface area contributed by atoms with Crippen LogP contribution >= 0.6 is 0 Å². The van der Waals surface area contributed by atoms with Crippen molar-refractivity contribution in [3.05, 3.63) is 128 Å². The molecule has 0 amide bonds. The second kappa shape index (κ2) is 8.36. The van der Waals surface area contributed by atoms with E-state index in [-0.39, 0.29) is 0 Å². The van der Waals surface area contributed by atoms with Gasteiger partial charge in [0.15, 0.2) is 0 Å². The number of hydrogen-bond acceptors (Lipinski definition) is 3. The zero-order valence-electron chi connectivity index (χ0n) is 19.4. The summed E-state index contributed by atoms with van der Waals surface area (Å²) in [6.07, 6.45) is 3.68. The van der Waals surface area contributed by atoms with Gasteiger partial charge in [-0.25, -0.2) is 4.98 Å². The second-order valence-corrected chi connectivity index (χ2v) is 8.73. The summed E-state index contributed by atoms with van der Waals surface area (Å²) in [5.41, 5.74) is 4.14. The highest BCUT2D eigenvalue weighted by molar-refractivity contribution is 6.09. The average Bonchev–Trinajstić information content (AvgIpc) is 3.27. The Morgan fingerprint density at radius 1 is 0.528 bits per heavy atom.